The van der Waals surface area contributed by atoms with Gasteiger partial charge < -0.3 is 4.90 Å². The highest BCUT2D eigenvalue weighted by Crippen LogP contribution is 2.29. The van der Waals surface area contributed by atoms with Crippen molar-refractivity contribution in [3.05, 3.63) is 85.0 Å². The van der Waals surface area contributed by atoms with Crippen molar-refractivity contribution in [2.45, 2.75) is 0 Å². The summed E-state index contributed by atoms with van der Waals surface area (Å²) in [5, 5.41) is 0. The number of hydrogen-bond acceptors (Lipinski definition) is 1. The van der Waals surface area contributed by atoms with Gasteiger partial charge in [-0.05, 0) is 12.1 Å². The highest BCUT2D eigenvalue weighted by atomic mass is 19.3. The van der Waals surface area contributed by atoms with Gasteiger partial charge in [0.25, 0.3) is 6.08 Å². The topological polar surface area (TPSA) is 3.24 Å². The Bertz CT molecular complexity index is 587. The summed E-state index contributed by atoms with van der Waals surface area (Å²) in [6, 6.07) is 17.7. The Morgan fingerprint density at radius 3 is 2.00 bits per heavy atom. The van der Waals surface area contributed by atoms with Gasteiger partial charge in [0.15, 0.2) is 0 Å². The third-order valence-corrected chi connectivity index (χ3v) is 2.88. The molecule has 0 aromatic heterocycles. The summed E-state index contributed by atoms with van der Waals surface area (Å²) in [4.78, 5) is 1.55. The van der Waals surface area contributed by atoms with Crippen LogP contribution in [-0.4, -0.2) is 6.54 Å². The molecule has 0 atom stereocenters. The van der Waals surface area contributed by atoms with Crippen molar-refractivity contribution < 1.29 is 8.78 Å². The van der Waals surface area contributed by atoms with E-state index in [1.54, 1.807) is 53.4 Å². The molecule has 2 rings (SSSR count). The molecular formula is C17H15F2N. The van der Waals surface area contributed by atoms with E-state index in [9.17, 15) is 8.78 Å². The molecule has 3 heteroatoms. The zero-order valence-corrected chi connectivity index (χ0v) is 11.0. The second-order valence-corrected chi connectivity index (χ2v) is 4.21. The van der Waals surface area contributed by atoms with Gasteiger partial charge in [0.05, 0.1) is 0 Å². The quantitative estimate of drug-likeness (QED) is 0.696. The second kappa shape index (κ2) is 6.66. The van der Waals surface area contributed by atoms with Gasteiger partial charge in [-0.2, -0.15) is 8.78 Å². The van der Waals surface area contributed by atoms with Crippen LogP contribution in [0.3, 0.4) is 0 Å². The average Bonchev–Trinajstić information content (AvgIpc) is 2.48. The minimum atomic E-state index is -1.71. The molecule has 0 saturated carbocycles. The number of hydrogen-bond donors (Lipinski definition) is 0. The van der Waals surface area contributed by atoms with Crippen molar-refractivity contribution in [2.24, 2.45) is 0 Å². The normalized spacial score (nSPS) is 9.90. The second-order valence-electron chi connectivity index (χ2n) is 4.21. The lowest BCUT2D eigenvalue weighted by atomic mass is 10.1. The Kier molecular flexibility index (Phi) is 4.66. The summed E-state index contributed by atoms with van der Waals surface area (Å²) in [7, 11) is 0. The standard InChI is InChI=1S/C17H15F2N/c1-2-13-20(15-11-7-4-8-12-15)16(17(18)19)14-9-5-3-6-10-14/h2-12H,1,13H2. The monoisotopic (exact) mass is 271 g/mol. The Balaban J connectivity index is 2.51. The summed E-state index contributed by atoms with van der Waals surface area (Å²) in [6.07, 6.45) is -0.0966. The molecule has 0 aliphatic rings. The maximum atomic E-state index is 13.4. The zero-order chi connectivity index (χ0) is 14.4. The van der Waals surface area contributed by atoms with Gasteiger partial charge in [-0.25, -0.2) is 0 Å². The first-order valence-corrected chi connectivity index (χ1v) is 6.28. The van der Waals surface area contributed by atoms with E-state index >= 15 is 0 Å². The lowest BCUT2D eigenvalue weighted by molar-refractivity contribution is 0.423. The van der Waals surface area contributed by atoms with Gasteiger partial charge in [0.1, 0.15) is 5.70 Å². The first-order valence-electron chi connectivity index (χ1n) is 6.28. The molecular weight excluding hydrogens is 256 g/mol. The van der Waals surface area contributed by atoms with Crippen molar-refractivity contribution in [3.8, 4) is 0 Å². The SMILES string of the molecule is C=CCN(C(=C(F)F)c1ccccc1)c1ccccc1. The summed E-state index contributed by atoms with van der Waals surface area (Å²) >= 11 is 0. The van der Waals surface area contributed by atoms with Crippen LogP contribution in [0.2, 0.25) is 0 Å². The molecule has 0 N–H and O–H groups in total. The first-order chi connectivity index (χ1) is 9.74. The molecule has 0 aliphatic carbocycles. The molecule has 1 nitrogen and oxygen atoms in total. The number of para-hydroxylation sites is 1. The van der Waals surface area contributed by atoms with Gasteiger partial charge in [0.2, 0.25) is 0 Å². The molecule has 0 saturated heterocycles. The minimum absolute atomic E-state index is 0.0864. The third kappa shape index (κ3) is 3.12. The molecule has 2 aromatic rings. The fourth-order valence-electron chi connectivity index (χ4n) is 2.03. The van der Waals surface area contributed by atoms with Crippen molar-refractivity contribution in [1.29, 1.82) is 0 Å². The average molecular weight is 271 g/mol. The molecule has 0 radical (unpaired) electrons. The van der Waals surface area contributed by atoms with Gasteiger partial charge in [-0.3, -0.25) is 0 Å². The first kappa shape index (κ1) is 14.0. The van der Waals surface area contributed by atoms with Gasteiger partial charge in [-0.1, -0.05) is 54.6 Å². The molecule has 0 unspecified atom stereocenters. The lowest BCUT2D eigenvalue weighted by Gasteiger charge is -2.25. The minimum Gasteiger partial charge on any atom is -0.333 e. The number of rotatable bonds is 5. The molecule has 0 fully saturated rings. The summed E-state index contributed by atoms with van der Waals surface area (Å²) < 4.78 is 26.9. The van der Waals surface area contributed by atoms with Crippen LogP contribution < -0.4 is 4.90 Å². The summed E-state index contributed by atoms with van der Waals surface area (Å²) in [6.45, 7) is 3.96. The molecule has 0 amide bonds. The van der Waals surface area contributed by atoms with Gasteiger partial charge >= 0.3 is 0 Å². The van der Waals surface area contributed by atoms with E-state index in [-0.39, 0.29) is 5.70 Å². The van der Waals surface area contributed by atoms with Crippen LogP contribution in [0, 0.1) is 0 Å². The largest absolute Gasteiger partial charge is 0.333 e. The zero-order valence-electron chi connectivity index (χ0n) is 11.0. The van der Waals surface area contributed by atoms with E-state index in [4.69, 9.17) is 0 Å². The Labute approximate surface area is 117 Å². The van der Waals surface area contributed by atoms with E-state index in [0.717, 1.165) is 0 Å². The molecule has 0 aliphatic heterocycles. The van der Waals surface area contributed by atoms with Crippen LogP contribution in [0.5, 0.6) is 0 Å². The molecule has 102 valence electrons. The van der Waals surface area contributed by atoms with Crippen molar-refractivity contribution in [2.75, 3.05) is 11.4 Å². The number of nitrogens with zero attached hydrogens (tertiary/aromatic N) is 1. The highest BCUT2D eigenvalue weighted by molar-refractivity contribution is 5.80. The number of anilines is 1. The maximum Gasteiger partial charge on any atom is 0.294 e. The molecule has 0 spiro atoms. The smallest absolute Gasteiger partial charge is 0.294 e. The predicted octanol–water partition coefficient (Wildman–Crippen LogP) is 4.94. The fourth-order valence-corrected chi connectivity index (χ4v) is 2.03. The Morgan fingerprint density at radius 2 is 1.50 bits per heavy atom. The van der Waals surface area contributed by atoms with Gasteiger partial charge in [-0.15, -0.1) is 6.58 Å². The Morgan fingerprint density at radius 1 is 0.950 bits per heavy atom. The van der Waals surface area contributed by atoms with Crippen molar-refractivity contribution >= 4 is 11.4 Å². The van der Waals surface area contributed by atoms with Crippen molar-refractivity contribution in [3.63, 3.8) is 0 Å². The van der Waals surface area contributed by atoms with E-state index in [1.165, 1.54) is 0 Å². The molecule has 0 bridgehead atoms. The van der Waals surface area contributed by atoms with Crippen LogP contribution in [0.1, 0.15) is 5.56 Å². The van der Waals surface area contributed by atoms with E-state index in [0.29, 0.717) is 17.8 Å². The highest BCUT2D eigenvalue weighted by Gasteiger charge is 2.18. The maximum absolute atomic E-state index is 13.4. The molecule has 2 aromatic carbocycles. The van der Waals surface area contributed by atoms with Crippen LogP contribution in [0.4, 0.5) is 14.5 Å². The lowest BCUT2D eigenvalue weighted by Crippen LogP contribution is -2.22. The van der Waals surface area contributed by atoms with E-state index < -0.39 is 6.08 Å². The summed E-state index contributed by atoms with van der Waals surface area (Å²) in [5.41, 5.74) is 1.11. The van der Waals surface area contributed by atoms with E-state index in [1.807, 2.05) is 18.2 Å². The van der Waals surface area contributed by atoms with E-state index in [2.05, 4.69) is 6.58 Å². The molecule has 0 heterocycles. The fraction of sp³-hybridized carbons (Fsp3) is 0.0588. The number of halogens is 2. The number of benzene rings is 2. The Hall–Kier alpha value is -2.42. The van der Waals surface area contributed by atoms with Crippen LogP contribution >= 0.6 is 0 Å². The van der Waals surface area contributed by atoms with Gasteiger partial charge in [0, 0.05) is 17.8 Å². The third-order valence-electron chi connectivity index (χ3n) is 2.88. The molecule has 20 heavy (non-hydrogen) atoms. The van der Waals surface area contributed by atoms with Crippen molar-refractivity contribution in [1.82, 2.24) is 0 Å². The van der Waals surface area contributed by atoms with Crippen LogP contribution in [-0.2, 0) is 0 Å². The predicted molar refractivity (Wildman–Crippen MR) is 79.6 cm³/mol. The van der Waals surface area contributed by atoms with Crippen LogP contribution in [0.25, 0.3) is 5.70 Å². The summed E-state index contributed by atoms with van der Waals surface area (Å²) in [5.74, 6) is 0. The van der Waals surface area contributed by atoms with Crippen LogP contribution in [0.15, 0.2) is 79.4 Å².